The van der Waals surface area contributed by atoms with Gasteiger partial charge in [-0.05, 0) is 24.0 Å². The van der Waals surface area contributed by atoms with E-state index in [4.69, 9.17) is 28.4 Å². The maximum atomic E-state index is 6.68. The van der Waals surface area contributed by atoms with Crippen LogP contribution in [0.2, 0.25) is 0 Å². The summed E-state index contributed by atoms with van der Waals surface area (Å²) < 4.78 is 39.3. The Morgan fingerprint density at radius 3 is 1.87 bits per heavy atom. The molecule has 3 aromatic carbocycles. The Morgan fingerprint density at radius 1 is 0.641 bits per heavy atom. The smallest absolute Gasteiger partial charge is 0.187 e. The highest BCUT2D eigenvalue weighted by molar-refractivity contribution is 5.17. The highest BCUT2D eigenvalue weighted by atomic mass is 16.8. The Morgan fingerprint density at radius 2 is 1.23 bits per heavy atom. The summed E-state index contributed by atoms with van der Waals surface area (Å²) in [5.74, 6) is 0. The van der Waals surface area contributed by atoms with Crippen molar-refractivity contribution in [3.8, 4) is 0 Å². The van der Waals surface area contributed by atoms with Crippen molar-refractivity contribution in [1.29, 1.82) is 0 Å². The van der Waals surface area contributed by atoms with E-state index in [0.717, 1.165) is 29.5 Å². The van der Waals surface area contributed by atoms with Gasteiger partial charge in [0.25, 0.3) is 0 Å². The van der Waals surface area contributed by atoms with Gasteiger partial charge in [-0.3, -0.25) is 0 Å². The lowest BCUT2D eigenvalue weighted by molar-refractivity contribution is -0.377. The highest BCUT2D eigenvalue weighted by Gasteiger charge is 2.52. The largest absolute Gasteiger partial charge is 0.368 e. The van der Waals surface area contributed by atoms with Crippen molar-refractivity contribution < 1.29 is 28.4 Å². The zero-order valence-electron chi connectivity index (χ0n) is 22.3. The van der Waals surface area contributed by atoms with Crippen LogP contribution in [0.25, 0.3) is 0 Å². The second kappa shape index (κ2) is 13.2. The molecule has 1 unspecified atom stereocenters. The standard InChI is InChI=1S/C33H38O6/c1-5-13-24(14-6-1)21-34-30-29-28(23-36-32(39-29)26-17-9-3-10-18-26)38-33(37-27-19-11-4-12-20-27)31(30)35-22-25-15-7-2-8-16-25/h1-3,5-10,13-18,27-33H,4,11-12,19-23H2/t28-,29-,30+,31-,32?,33-/m1/s1. The van der Waals surface area contributed by atoms with Gasteiger partial charge in [-0.15, -0.1) is 0 Å². The van der Waals surface area contributed by atoms with Crippen molar-refractivity contribution in [2.45, 2.75) is 88.4 Å². The molecule has 0 N–H and O–H groups in total. The van der Waals surface area contributed by atoms with Crippen LogP contribution in [-0.4, -0.2) is 43.4 Å². The summed E-state index contributed by atoms with van der Waals surface area (Å²) in [7, 11) is 0. The van der Waals surface area contributed by atoms with Crippen molar-refractivity contribution in [3.63, 3.8) is 0 Å². The van der Waals surface area contributed by atoms with Crippen LogP contribution in [0.15, 0.2) is 91.0 Å². The molecule has 6 nitrogen and oxygen atoms in total. The number of hydrogen-bond donors (Lipinski definition) is 0. The van der Waals surface area contributed by atoms with Crippen molar-refractivity contribution in [3.05, 3.63) is 108 Å². The highest BCUT2D eigenvalue weighted by Crippen LogP contribution is 2.38. The lowest BCUT2D eigenvalue weighted by Gasteiger charge is -2.49. The lowest BCUT2D eigenvalue weighted by Crippen LogP contribution is -2.64. The predicted molar refractivity (Wildman–Crippen MR) is 147 cm³/mol. The van der Waals surface area contributed by atoms with E-state index in [9.17, 15) is 0 Å². The molecular formula is C33H38O6. The van der Waals surface area contributed by atoms with E-state index in [-0.39, 0.29) is 18.3 Å². The van der Waals surface area contributed by atoms with Crippen LogP contribution in [0.5, 0.6) is 0 Å². The fourth-order valence-corrected chi connectivity index (χ4v) is 5.73. The second-order valence-corrected chi connectivity index (χ2v) is 10.6. The van der Waals surface area contributed by atoms with E-state index in [1.807, 2.05) is 66.7 Å². The number of fused-ring (bicyclic) bond motifs is 1. The molecule has 6 atom stereocenters. The van der Waals surface area contributed by atoms with Crippen LogP contribution in [0.1, 0.15) is 55.1 Å². The third kappa shape index (κ3) is 6.77. The number of benzene rings is 3. The summed E-state index contributed by atoms with van der Waals surface area (Å²) in [6.45, 7) is 1.27. The molecule has 2 saturated heterocycles. The fraction of sp³-hybridized carbons (Fsp3) is 0.455. The van der Waals surface area contributed by atoms with Gasteiger partial charge in [0.1, 0.15) is 24.4 Å². The molecule has 2 heterocycles. The molecule has 0 radical (unpaired) electrons. The van der Waals surface area contributed by atoms with E-state index in [1.165, 1.54) is 19.3 Å². The average molecular weight is 531 g/mol. The van der Waals surface area contributed by atoms with E-state index < -0.39 is 24.8 Å². The monoisotopic (exact) mass is 530 g/mol. The quantitative estimate of drug-likeness (QED) is 0.322. The van der Waals surface area contributed by atoms with E-state index in [1.54, 1.807) is 0 Å². The van der Waals surface area contributed by atoms with Gasteiger partial charge in [-0.25, -0.2) is 0 Å². The Labute approximate surface area is 231 Å². The molecule has 0 bridgehead atoms. The predicted octanol–water partition coefficient (Wildman–Crippen LogP) is 6.35. The SMILES string of the molecule is c1ccc(CO[C@@H]2[C@@H](OCc3ccccc3)[C@H](OC3CCCCC3)O[C@@H]3COC(c4ccccc4)O[C@@H]23)cc1. The first kappa shape index (κ1) is 26.6. The molecule has 6 rings (SSSR count). The molecule has 1 aliphatic carbocycles. The van der Waals surface area contributed by atoms with E-state index in [2.05, 4.69) is 24.3 Å². The molecule has 3 fully saturated rings. The Bertz CT molecular complexity index is 1120. The summed E-state index contributed by atoms with van der Waals surface area (Å²) in [5, 5.41) is 0. The molecule has 0 spiro atoms. The number of ether oxygens (including phenoxy) is 6. The van der Waals surface area contributed by atoms with Crippen LogP contribution >= 0.6 is 0 Å². The maximum absolute atomic E-state index is 6.68. The molecule has 3 aromatic rings. The maximum Gasteiger partial charge on any atom is 0.187 e. The van der Waals surface area contributed by atoms with Gasteiger partial charge in [0.15, 0.2) is 12.6 Å². The normalized spacial score (nSPS) is 29.5. The zero-order valence-corrected chi connectivity index (χ0v) is 22.3. The van der Waals surface area contributed by atoms with Gasteiger partial charge in [-0.2, -0.15) is 0 Å². The summed E-state index contributed by atoms with van der Waals surface area (Å²) in [5.41, 5.74) is 3.16. The second-order valence-electron chi connectivity index (χ2n) is 10.6. The van der Waals surface area contributed by atoms with Crippen molar-refractivity contribution in [1.82, 2.24) is 0 Å². The third-order valence-electron chi connectivity index (χ3n) is 7.80. The molecule has 206 valence electrons. The first-order chi connectivity index (χ1) is 19.3. The summed E-state index contributed by atoms with van der Waals surface area (Å²) in [6, 6.07) is 30.4. The molecule has 6 heteroatoms. The van der Waals surface area contributed by atoms with Crippen LogP contribution in [0, 0.1) is 0 Å². The molecule has 0 aromatic heterocycles. The minimum atomic E-state index is -0.570. The van der Waals surface area contributed by atoms with E-state index >= 15 is 0 Å². The molecule has 1 saturated carbocycles. The molecule has 0 amide bonds. The van der Waals surface area contributed by atoms with Gasteiger partial charge in [0, 0.05) is 5.56 Å². The number of rotatable bonds is 9. The summed E-state index contributed by atoms with van der Waals surface area (Å²) in [6.07, 6.45) is 3.21. The van der Waals surface area contributed by atoms with Crippen LogP contribution in [0.4, 0.5) is 0 Å². The van der Waals surface area contributed by atoms with Gasteiger partial charge in [0.05, 0.1) is 25.9 Å². The van der Waals surface area contributed by atoms with Crippen LogP contribution in [-0.2, 0) is 41.6 Å². The molecule has 39 heavy (non-hydrogen) atoms. The average Bonchev–Trinajstić information content (AvgIpc) is 3.01. The summed E-state index contributed by atoms with van der Waals surface area (Å²) in [4.78, 5) is 0. The zero-order chi connectivity index (χ0) is 26.3. The van der Waals surface area contributed by atoms with Gasteiger partial charge >= 0.3 is 0 Å². The van der Waals surface area contributed by atoms with Crippen LogP contribution < -0.4 is 0 Å². The minimum Gasteiger partial charge on any atom is -0.368 e. The van der Waals surface area contributed by atoms with Gasteiger partial charge in [0.2, 0.25) is 0 Å². The summed E-state index contributed by atoms with van der Waals surface area (Å²) >= 11 is 0. The van der Waals surface area contributed by atoms with Crippen molar-refractivity contribution in [2.75, 3.05) is 6.61 Å². The first-order valence-electron chi connectivity index (χ1n) is 14.3. The molecule has 3 aliphatic rings. The lowest BCUT2D eigenvalue weighted by atomic mass is 9.95. The van der Waals surface area contributed by atoms with E-state index in [0.29, 0.717) is 19.8 Å². The Hall–Kier alpha value is -2.58. The Balaban J connectivity index is 1.27. The first-order valence-corrected chi connectivity index (χ1v) is 14.3. The topological polar surface area (TPSA) is 55.4 Å². The molecule has 2 aliphatic heterocycles. The Kier molecular flexibility index (Phi) is 9.00. The minimum absolute atomic E-state index is 0.153. The van der Waals surface area contributed by atoms with Crippen molar-refractivity contribution >= 4 is 0 Å². The van der Waals surface area contributed by atoms with Gasteiger partial charge in [-0.1, -0.05) is 110 Å². The van der Waals surface area contributed by atoms with Crippen LogP contribution in [0.3, 0.4) is 0 Å². The molecular weight excluding hydrogens is 492 g/mol. The van der Waals surface area contributed by atoms with Crippen molar-refractivity contribution in [2.24, 2.45) is 0 Å². The van der Waals surface area contributed by atoms with Gasteiger partial charge < -0.3 is 28.4 Å². The third-order valence-corrected chi connectivity index (χ3v) is 7.80. The number of hydrogen-bond acceptors (Lipinski definition) is 6. The fourth-order valence-electron chi connectivity index (χ4n) is 5.73.